The number of rotatable bonds is 4. The number of amides is 1. The summed E-state index contributed by atoms with van der Waals surface area (Å²) >= 11 is 6.20. The van der Waals surface area contributed by atoms with E-state index >= 15 is 0 Å². The third-order valence-corrected chi connectivity index (χ3v) is 3.91. The first-order valence-electron chi connectivity index (χ1n) is 6.63. The van der Waals surface area contributed by atoms with Gasteiger partial charge in [0.15, 0.2) is 0 Å². The molecule has 0 radical (unpaired) electrons. The maximum atomic E-state index is 12.6. The van der Waals surface area contributed by atoms with E-state index in [-0.39, 0.29) is 11.9 Å². The third-order valence-electron chi connectivity index (χ3n) is 3.57. The van der Waals surface area contributed by atoms with Gasteiger partial charge in [-0.15, -0.1) is 0 Å². The quantitative estimate of drug-likeness (QED) is 0.672. The normalized spacial score (nSPS) is 11.8. The number of hydrogen-bond donors (Lipinski definition) is 2. The highest BCUT2D eigenvalue weighted by Crippen LogP contribution is 2.28. The van der Waals surface area contributed by atoms with Crippen LogP contribution in [0.3, 0.4) is 0 Å². The summed E-state index contributed by atoms with van der Waals surface area (Å²) in [5.74, 6) is 5.34. The van der Waals surface area contributed by atoms with Crippen molar-refractivity contribution in [2.24, 2.45) is 5.84 Å². The molecule has 2 rings (SSSR count). The molecule has 0 aliphatic carbocycles. The zero-order chi connectivity index (χ0) is 15.4. The second-order valence-corrected chi connectivity index (χ2v) is 5.21. The third kappa shape index (κ3) is 3.17. The average Bonchev–Trinajstić information content (AvgIpc) is 2.53. The Bertz CT molecular complexity index is 645. The standard InChI is InChI=1S/C16H18ClN3O/c1-11(12-7-3-5-9-14(12)17)20(2)16(21)13-8-4-6-10-15(13)19-18/h3-11,19H,18H2,1-2H3. The van der Waals surface area contributed by atoms with Gasteiger partial charge in [-0.2, -0.15) is 0 Å². The molecular weight excluding hydrogens is 286 g/mol. The molecule has 0 aliphatic rings. The number of hydrogen-bond acceptors (Lipinski definition) is 3. The Morgan fingerprint density at radius 1 is 1.19 bits per heavy atom. The van der Waals surface area contributed by atoms with Crippen LogP contribution in [0.2, 0.25) is 5.02 Å². The van der Waals surface area contributed by atoms with E-state index in [1.54, 1.807) is 24.1 Å². The number of para-hydroxylation sites is 1. The van der Waals surface area contributed by atoms with Gasteiger partial charge in [-0.3, -0.25) is 10.6 Å². The van der Waals surface area contributed by atoms with Gasteiger partial charge >= 0.3 is 0 Å². The van der Waals surface area contributed by atoms with Crippen LogP contribution in [0.1, 0.15) is 28.9 Å². The molecule has 0 aliphatic heterocycles. The van der Waals surface area contributed by atoms with Crippen LogP contribution in [-0.2, 0) is 0 Å². The Morgan fingerprint density at radius 2 is 1.81 bits per heavy atom. The van der Waals surface area contributed by atoms with Gasteiger partial charge in [-0.25, -0.2) is 0 Å². The lowest BCUT2D eigenvalue weighted by Crippen LogP contribution is -2.30. The molecule has 0 saturated heterocycles. The summed E-state index contributed by atoms with van der Waals surface area (Å²) in [5, 5.41) is 0.648. The summed E-state index contributed by atoms with van der Waals surface area (Å²) in [6, 6.07) is 14.5. The summed E-state index contributed by atoms with van der Waals surface area (Å²) in [6.07, 6.45) is 0. The molecule has 5 heteroatoms. The molecule has 1 unspecified atom stereocenters. The fourth-order valence-electron chi connectivity index (χ4n) is 2.18. The van der Waals surface area contributed by atoms with Gasteiger partial charge in [0.1, 0.15) is 0 Å². The minimum Gasteiger partial charge on any atom is -0.335 e. The van der Waals surface area contributed by atoms with Crippen LogP contribution in [0.25, 0.3) is 0 Å². The molecule has 110 valence electrons. The van der Waals surface area contributed by atoms with E-state index < -0.39 is 0 Å². The van der Waals surface area contributed by atoms with Crippen LogP contribution < -0.4 is 11.3 Å². The Kier molecular flexibility index (Phi) is 4.83. The van der Waals surface area contributed by atoms with Gasteiger partial charge in [-0.05, 0) is 30.7 Å². The molecule has 4 nitrogen and oxygen atoms in total. The Balaban J connectivity index is 2.29. The maximum absolute atomic E-state index is 12.6. The highest BCUT2D eigenvalue weighted by molar-refractivity contribution is 6.31. The molecule has 0 heterocycles. The number of nitrogens with zero attached hydrogens (tertiary/aromatic N) is 1. The van der Waals surface area contributed by atoms with Gasteiger partial charge in [0.25, 0.3) is 5.91 Å². The first-order valence-corrected chi connectivity index (χ1v) is 7.01. The van der Waals surface area contributed by atoms with E-state index in [4.69, 9.17) is 17.4 Å². The van der Waals surface area contributed by atoms with Crippen molar-refractivity contribution in [3.63, 3.8) is 0 Å². The molecular formula is C16H18ClN3O. The summed E-state index contributed by atoms with van der Waals surface area (Å²) in [6.45, 7) is 1.94. The first kappa shape index (κ1) is 15.4. The molecule has 0 fully saturated rings. The van der Waals surface area contributed by atoms with Crippen molar-refractivity contribution in [1.82, 2.24) is 4.90 Å². The lowest BCUT2D eigenvalue weighted by atomic mass is 10.1. The molecule has 2 aromatic carbocycles. The minimum absolute atomic E-state index is 0.115. The van der Waals surface area contributed by atoms with Gasteiger partial charge in [0.05, 0.1) is 17.3 Å². The van der Waals surface area contributed by atoms with Gasteiger partial charge < -0.3 is 10.3 Å². The van der Waals surface area contributed by atoms with Crippen LogP contribution in [-0.4, -0.2) is 17.9 Å². The van der Waals surface area contributed by atoms with E-state index in [9.17, 15) is 4.79 Å². The monoisotopic (exact) mass is 303 g/mol. The molecule has 1 amide bonds. The first-order chi connectivity index (χ1) is 10.1. The molecule has 2 aromatic rings. The fraction of sp³-hybridized carbons (Fsp3) is 0.188. The van der Waals surface area contributed by atoms with Crippen LogP contribution in [0.15, 0.2) is 48.5 Å². The zero-order valence-corrected chi connectivity index (χ0v) is 12.8. The Labute approximate surface area is 129 Å². The number of carbonyl (C=O) groups excluding carboxylic acids is 1. The maximum Gasteiger partial charge on any atom is 0.256 e. The van der Waals surface area contributed by atoms with Crippen LogP contribution in [0, 0.1) is 0 Å². The van der Waals surface area contributed by atoms with E-state index in [1.807, 2.05) is 43.3 Å². The molecule has 1 atom stereocenters. The lowest BCUT2D eigenvalue weighted by molar-refractivity contribution is 0.0743. The molecule has 0 aromatic heterocycles. The number of anilines is 1. The summed E-state index contributed by atoms with van der Waals surface area (Å²) in [7, 11) is 1.75. The second kappa shape index (κ2) is 6.61. The molecule has 0 saturated carbocycles. The van der Waals surface area contributed by atoms with Crippen molar-refractivity contribution >= 4 is 23.2 Å². The average molecular weight is 304 g/mol. The Morgan fingerprint density at radius 3 is 2.48 bits per heavy atom. The molecule has 0 bridgehead atoms. The topological polar surface area (TPSA) is 58.4 Å². The largest absolute Gasteiger partial charge is 0.335 e. The predicted octanol–water partition coefficient (Wildman–Crippen LogP) is 3.46. The highest BCUT2D eigenvalue weighted by atomic mass is 35.5. The summed E-state index contributed by atoms with van der Waals surface area (Å²) < 4.78 is 0. The SMILES string of the molecule is CC(c1ccccc1Cl)N(C)C(=O)c1ccccc1NN. The van der Waals surface area contributed by atoms with E-state index in [1.165, 1.54) is 0 Å². The van der Waals surface area contributed by atoms with E-state index in [2.05, 4.69) is 5.43 Å². The second-order valence-electron chi connectivity index (χ2n) is 4.80. The molecule has 21 heavy (non-hydrogen) atoms. The van der Waals surface area contributed by atoms with Crippen LogP contribution in [0.4, 0.5) is 5.69 Å². The summed E-state index contributed by atoms with van der Waals surface area (Å²) in [5.41, 5.74) is 4.59. The van der Waals surface area contributed by atoms with Crippen molar-refractivity contribution in [2.75, 3.05) is 12.5 Å². The van der Waals surface area contributed by atoms with Crippen molar-refractivity contribution in [2.45, 2.75) is 13.0 Å². The summed E-state index contributed by atoms with van der Waals surface area (Å²) in [4.78, 5) is 14.3. The van der Waals surface area contributed by atoms with E-state index in [0.717, 1.165) is 5.56 Å². The fourth-order valence-corrected chi connectivity index (χ4v) is 2.48. The van der Waals surface area contributed by atoms with Gasteiger partial charge in [0, 0.05) is 12.1 Å². The predicted molar refractivity (Wildman–Crippen MR) is 86.2 cm³/mol. The number of nitrogens with one attached hydrogen (secondary N) is 1. The van der Waals surface area contributed by atoms with Gasteiger partial charge in [0.2, 0.25) is 0 Å². The van der Waals surface area contributed by atoms with Crippen molar-refractivity contribution in [3.05, 3.63) is 64.7 Å². The molecule has 3 N–H and O–H groups in total. The van der Waals surface area contributed by atoms with Gasteiger partial charge in [-0.1, -0.05) is 41.9 Å². The van der Waals surface area contributed by atoms with Crippen molar-refractivity contribution in [3.8, 4) is 0 Å². The number of benzene rings is 2. The van der Waals surface area contributed by atoms with Crippen LogP contribution >= 0.6 is 11.6 Å². The van der Waals surface area contributed by atoms with Crippen LogP contribution in [0.5, 0.6) is 0 Å². The zero-order valence-electron chi connectivity index (χ0n) is 12.0. The number of nitrogens with two attached hydrogens (primary N) is 1. The smallest absolute Gasteiger partial charge is 0.256 e. The van der Waals surface area contributed by atoms with Crippen molar-refractivity contribution < 1.29 is 4.79 Å². The molecule has 0 spiro atoms. The minimum atomic E-state index is -0.142. The Hall–Kier alpha value is -2.04. The lowest BCUT2D eigenvalue weighted by Gasteiger charge is -2.26. The number of carbonyl (C=O) groups is 1. The highest BCUT2D eigenvalue weighted by Gasteiger charge is 2.22. The number of nitrogen functional groups attached to an aromatic ring is 1. The van der Waals surface area contributed by atoms with Crippen molar-refractivity contribution in [1.29, 1.82) is 0 Å². The number of halogens is 1. The number of hydrazine groups is 1. The van der Waals surface area contributed by atoms with E-state index in [0.29, 0.717) is 16.3 Å².